The van der Waals surface area contributed by atoms with Gasteiger partial charge in [-0.15, -0.1) is 11.3 Å². The van der Waals surface area contributed by atoms with Gasteiger partial charge in [0, 0.05) is 22.8 Å². The van der Waals surface area contributed by atoms with Crippen LogP contribution in [0.3, 0.4) is 0 Å². The summed E-state index contributed by atoms with van der Waals surface area (Å²) in [6.07, 6.45) is 2.49. The first-order valence-corrected chi connectivity index (χ1v) is 7.90. The molecule has 1 rings (SSSR count). The van der Waals surface area contributed by atoms with Gasteiger partial charge in [0.1, 0.15) is 0 Å². The van der Waals surface area contributed by atoms with Crippen LogP contribution in [0.5, 0.6) is 0 Å². The van der Waals surface area contributed by atoms with E-state index in [4.69, 9.17) is 0 Å². The Morgan fingerprint density at radius 3 is 2.67 bits per heavy atom. The summed E-state index contributed by atoms with van der Waals surface area (Å²) in [5, 5.41) is 3.45. The summed E-state index contributed by atoms with van der Waals surface area (Å²) in [7, 11) is 2.22. The summed E-state index contributed by atoms with van der Waals surface area (Å²) in [6, 6.07) is 4.54. The molecule has 0 fully saturated rings. The van der Waals surface area contributed by atoms with Gasteiger partial charge in [0.15, 0.2) is 0 Å². The average molecular weight is 268 g/mol. The van der Waals surface area contributed by atoms with Crippen molar-refractivity contribution in [3.05, 3.63) is 21.9 Å². The maximum Gasteiger partial charge on any atom is 0.0324 e. The van der Waals surface area contributed by atoms with Crippen molar-refractivity contribution >= 4 is 11.3 Å². The zero-order valence-electron chi connectivity index (χ0n) is 12.3. The number of thiophene rings is 1. The number of nitrogens with zero attached hydrogens (tertiary/aromatic N) is 1. The molecule has 0 unspecified atom stereocenters. The van der Waals surface area contributed by atoms with Crippen molar-refractivity contribution in [3.8, 4) is 0 Å². The van der Waals surface area contributed by atoms with Gasteiger partial charge in [-0.1, -0.05) is 20.8 Å². The second kappa shape index (κ2) is 8.68. The molecule has 0 bridgehead atoms. The van der Waals surface area contributed by atoms with Gasteiger partial charge in [-0.05, 0) is 51.0 Å². The first-order valence-electron chi connectivity index (χ1n) is 7.08. The van der Waals surface area contributed by atoms with E-state index in [0.717, 1.165) is 25.6 Å². The molecule has 0 amide bonds. The van der Waals surface area contributed by atoms with Crippen LogP contribution >= 0.6 is 11.3 Å². The van der Waals surface area contributed by atoms with Crippen LogP contribution in [0.4, 0.5) is 0 Å². The summed E-state index contributed by atoms with van der Waals surface area (Å²) >= 11 is 1.94. The lowest BCUT2D eigenvalue weighted by atomic mass is 10.1. The van der Waals surface area contributed by atoms with E-state index in [1.165, 1.54) is 29.1 Å². The van der Waals surface area contributed by atoms with Gasteiger partial charge in [0.25, 0.3) is 0 Å². The number of hydrogen-bond donors (Lipinski definition) is 1. The van der Waals surface area contributed by atoms with Crippen LogP contribution in [0, 0.1) is 5.92 Å². The van der Waals surface area contributed by atoms with E-state index in [2.05, 4.69) is 50.2 Å². The highest BCUT2D eigenvalue weighted by Crippen LogP contribution is 2.18. The fourth-order valence-corrected chi connectivity index (χ4v) is 2.88. The molecule has 1 aromatic heterocycles. The number of nitrogens with one attached hydrogen (secondary N) is 1. The Bertz CT molecular complexity index is 320. The lowest BCUT2D eigenvalue weighted by Gasteiger charge is -2.16. The normalized spacial score (nSPS) is 11.7. The molecule has 1 N–H and O–H groups in total. The smallest absolute Gasteiger partial charge is 0.0324 e. The minimum atomic E-state index is 0.796. The van der Waals surface area contributed by atoms with Crippen LogP contribution in [-0.4, -0.2) is 25.0 Å². The van der Waals surface area contributed by atoms with Gasteiger partial charge in [-0.25, -0.2) is 0 Å². The van der Waals surface area contributed by atoms with Crippen LogP contribution in [0.1, 0.15) is 43.4 Å². The molecule has 2 nitrogen and oxygen atoms in total. The minimum absolute atomic E-state index is 0.796. The monoisotopic (exact) mass is 268 g/mol. The van der Waals surface area contributed by atoms with Crippen molar-refractivity contribution < 1.29 is 0 Å². The summed E-state index contributed by atoms with van der Waals surface area (Å²) in [5.41, 5.74) is 0. The Labute approximate surface area is 116 Å². The molecular weight excluding hydrogens is 240 g/mol. The average Bonchev–Trinajstić information content (AvgIpc) is 2.74. The predicted octanol–water partition coefficient (Wildman–Crippen LogP) is 3.73. The molecule has 104 valence electrons. The van der Waals surface area contributed by atoms with Gasteiger partial charge < -0.3 is 10.2 Å². The Morgan fingerprint density at radius 1 is 1.28 bits per heavy atom. The summed E-state index contributed by atoms with van der Waals surface area (Å²) in [5.74, 6) is 0.796. The second-order valence-electron chi connectivity index (χ2n) is 5.47. The lowest BCUT2D eigenvalue weighted by molar-refractivity contribution is 0.306. The van der Waals surface area contributed by atoms with E-state index >= 15 is 0 Å². The van der Waals surface area contributed by atoms with Crippen molar-refractivity contribution in [1.82, 2.24) is 10.2 Å². The van der Waals surface area contributed by atoms with E-state index in [9.17, 15) is 0 Å². The van der Waals surface area contributed by atoms with Gasteiger partial charge in [-0.3, -0.25) is 0 Å². The first-order chi connectivity index (χ1) is 8.61. The number of hydrogen-bond acceptors (Lipinski definition) is 3. The van der Waals surface area contributed by atoms with Gasteiger partial charge in [0.05, 0.1) is 0 Å². The molecular formula is C15H28N2S. The summed E-state index contributed by atoms with van der Waals surface area (Å²) < 4.78 is 0. The van der Waals surface area contributed by atoms with Gasteiger partial charge in [-0.2, -0.15) is 0 Å². The highest BCUT2D eigenvalue weighted by Gasteiger charge is 2.05. The third kappa shape index (κ3) is 6.53. The van der Waals surface area contributed by atoms with Crippen LogP contribution in [0.25, 0.3) is 0 Å². The fraction of sp³-hybridized carbons (Fsp3) is 0.733. The van der Waals surface area contributed by atoms with Crippen LogP contribution in [-0.2, 0) is 13.1 Å². The highest BCUT2D eigenvalue weighted by atomic mass is 32.1. The van der Waals surface area contributed by atoms with E-state index in [1.54, 1.807) is 0 Å². The van der Waals surface area contributed by atoms with Crippen LogP contribution in [0.15, 0.2) is 12.1 Å². The van der Waals surface area contributed by atoms with E-state index in [1.807, 2.05) is 11.3 Å². The quantitative estimate of drug-likeness (QED) is 0.687. The number of rotatable bonds is 9. The Morgan fingerprint density at radius 2 is 2.00 bits per heavy atom. The Hall–Kier alpha value is -0.380. The Kier molecular flexibility index (Phi) is 7.56. The third-order valence-corrected chi connectivity index (χ3v) is 4.03. The highest BCUT2D eigenvalue weighted by molar-refractivity contribution is 7.11. The largest absolute Gasteiger partial charge is 0.312 e. The molecule has 0 radical (unpaired) electrons. The van der Waals surface area contributed by atoms with Crippen molar-refractivity contribution in [2.75, 3.05) is 20.1 Å². The van der Waals surface area contributed by atoms with E-state index in [-0.39, 0.29) is 0 Å². The van der Waals surface area contributed by atoms with Crippen molar-refractivity contribution in [3.63, 3.8) is 0 Å². The maximum atomic E-state index is 3.45. The maximum absolute atomic E-state index is 3.45. The molecule has 0 spiro atoms. The van der Waals surface area contributed by atoms with Crippen molar-refractivity contribution in [1.29, 1.82) is 0 Å². The van der Waals surface area contributed by atoms with Gasteiger partial charge >= 0.3 is 0 Å². The van der Waals surface area contributed by atoms with Gasteiger partial charge in [0.2, 0.25) is 0 Å². The SMILES string of the molecule is CCCNCc1ccc(CN(C)CCC(C)C)s1. The molecule has 0 atom stereocenters. The zero-order chi connectivity index (χ0) is 13.4. The lowest BCUT2D eigenvalue weighted by Crippen LogP contribution is -2.19. The van der Waals surface area contributed by atoms with E-state index < -0.39 is 0 Å². The second-order valence-corrected chi connectivity index (χ2v) is 6.72. The fourth-order valence-electron chi connectivity index (χ4n) is 1.81. The predicted molar refractivity (Wildman–Crippen MR) is 82.1 cm³/mol. The molecule has 18 heavy (non-hydrogen) atoms. The molecule has 0 aliphatic carbocycles. The molecule has 0 saturated carbocycles. The molecule has 0 aliphatic heterocycles. The summed E-state index contributed by atoms with van der Waals surface area (Å²) in [6.45, 7) is 11.2. The van der Waals surface area contributed by atoms with Crippen molar-refractivity contribution in [2.45, 2.75) is 46.7 Å². The van der Waals surface area contributed by atoms with Crippen molar-refractivity contribution in [2.24, 2.45) is 5.92 Å². The molecule has 3 heteroatoms. The van der Waals surface area contributed by atoms with E-state index in [0.29, 0.717) is 0 Å². The zero-order valence-corrected chi connectivity index (χ0v) is 13.1. The topological polar surface area (TPSA) is 15.3 Å². The van der Waals surface area contributed by atoms with Crippen LogP contribution < -0.4 is 5.32 Å². The molecule has 1 heterocycles. The third-order valence-electron chi connectivity index (χ3n) is 2.96. The summed E-state index contributed by atoms with van der Waals surface area (Å²) in [4.78, 5) is 5.36. The molecule has 0 aliphatic rings. The molecule has 0 aromatic carbocycles. The minimum Gasteiger partial charge on any atom is -0.312 e. The van der Waals surface area contributed by atoms with Crippen LogP contribution in [0.2, 0.25) is 0 Å². The molecule has 1 aromatic rings. The standard InChI is InChI=1S/C15H28N2S/c1-5-9-16-11-14-6-7-15(18-14)12-17(4)10-8-13(2)3/h6-7,13,16H,5,8-12H2,1-4H3. The molecule has 0 saturated heterocycles. The first kappa shape index (κ1) is 15.7. The Balaban J connectivity index is 2.29.